The van der Waals surface area contributed by atoms with Crippen molar-refractivity contribution in [3.05, 3.63) is 35.5 Å². The van der Waals surface area contributed by atoms with E-state index in [1.807, 2.05) is 4.72 Å². The maximum absolute atomic E-state index is 12.0. The highest BCUT2D eigenvalue weighted by Gasteiger charge is 2.37. The molecule has 0 saturated heterocycles. The summed E-state index contributed by atoms with van der Waals surface area (Å²) < 4.78 is 26.0. The van der Waals surface area contributed by atoms with Gasteiger partial charge in [0.15, 0.2) is 5.69 Å². The number of fused-ring (bicyclic) bond motifs is 1. The minimum absolute atomic E-state index is 0.0688. The average Bonchev–Trinajstić information content (AvgIpc) is 3.24. The number of aromatic nitrogens is 1. The van der Waals surface area contributed by atoms with Crippen LogP contribution in [0.5, 0.6) is 0 Å². The Morgan fingerprint density at radius 1 is 1.23 bits per heavy atom. The van der Waals surface area contributed by atoms with Crippen LogP contribution in [0.25, 0.3) is 10.9 Å². The van der Waals surface area contributed by atoms with Crippen LogP contribution in [0, 0.1) is 0 Å². The summed E-state index contributed by atoms with van der Waals surface area (Å²) in [4.78, 5) is 22.9. The van der Waals surface area contributed by atoms with Gasteiger partial charge in [0.1, 0.15) is 0 Å². The molecule has 3 N–H and O–H groups in total. The van der Waals surface area contributed by atoms with Gasteiger partial charge in [0.25, 0.3) is 5.91 Å². The molecule has 9 heteroatoms. The predicted octanol–water partition coefficient (Wildman–Crippen LogP) is 0.799. The van der Waals surface area contributed by atoms with E-state index in [9.17, 15) is 23.2 Å². The Morgan fingerprint density at radius 2 is 1.91 bits per heavy atom. The molecule has 0 bridgehead atoms. The molecule has 0 spiro atoms. The SMILES string of the molecule is O=C(NS(=O)(=O)C1CC1)c1ccc2c(c1)cc(C(=O)O)n2O. The number of hydrogen-bond acceptors (Lipinski definition) is 5. The van der Waals surface area contributed by atoms with E-state index in [1.165, 1.54) is 24.3 Å². The Balaban J connectivity index is 1.94. The van der Waals surface area contributed by atoms with Crippen molar-refractivity contribution in [1.82, 2.24) is 9.45 Å². The average molecular weight is 324 g/mol. The first-order chi connectivity index (χ1) is 10.3. The van der Waals surface area contributed by atoms with E-state index in [2.05, 4.69) is 0 Å². The molecule has 3 rings (SSSR count). The first-order valence-electron chi connectivity index (χ1n) is 6.43. The molecule has 1 aromatic carbocycles. The third kappa shape index (κ3) is 2.39. The topological polar surface area (TPSA) is 126 Å². The van der Waals surface area contributed by atoms with Gasteiger partial charge >= 0.3 is 5.97 Å². The van der Waals surface area contributed by atoms with Gasteiger partial charge in [-0.2, -0.15) is 4.73 Å². The number of rotatable bonds is 4. The van der Waals surface area contributed by atoms with Gasteiger partial charge in [-0.05, 0) is 37.1 Å². The summed E-state index contributed by atoms with van der Waals surface area (Å²) in [5.74, 6) is -2.10. The second-order valence-corrected chi connectivity index (χ2v) is 7.06. The molecule has 1 aliphatic rings. The van der Waals surface area contributed by atoms with Crippen LogP contribution in [-0.2, 0) is 10.0 Å². The third-order valence-electron chi connectivity index (χ3n) is 3.46. The molecule has 1 heterocycles. The molecule has 1 fully saturated rings. The van der Waals surface area contributed by atoms with Crippen LogP contribution in [0.4, 0.5) is 0 Å². The van der Waals surface area contributed by atoms with Crippen molar-refractivity contribution in [3.8, 4) is 0 Å². The molecule has 0 radical (unpaired) electrons. The molecule has 1 aliphatic carbocycles. The van der Waals surface area contributed by atoms with Crippen LogP contribution in [0.2, 0.25) is 0 Å². The van der Waals surface area contributed by atoms with E-state index in [-0.39, 0.29) is 16.8 Å². The zero-order chi connectivity index (χ0) is 16.1. The number of nitrogens with zero attached hydrogens (tertiary/aromatic N) is 1. The van der Waals surface area contributed by atoms with Gasteiger partial charge in [0.2, 0.25) is 10.0 Å². The summed E-state index contributed by atoms with van der Waals surface area (Å²) in [6.45, 7) is 0. The van der Waals surface area contributed by atoms with Gasteiger partial charge in [0, 0.05) is 10.9 Å². The van der Waals surface area contributed by atoms with Gasteiger partial charge in [-0.25, -0.2) is 17.9 Å². The summed E-state index contributed by atoms with van der Waals surface area (Å²) in [5.41, 5.74) is -0.0728. The van der Waals surface area contributed by atoms with Gasteiger partial charge < -0.3 is 10.3 Å². The number of amides is 1. The van der Waals surface area contributed by atoms with Crippen molar-refractivity contribution in [2.24, 2.45) is 0 Å². The maximum atomic E-state index is 12.0. The smallest absolute Gasteiger partial charge is 0.356 e. The molecule has 22 heavy (non-hydrogen) atoms. The molecule has 0 atom stereocenters. The molecule has 1 aromatic heterocycles. The zero-order valence-corrected chi connectivity index (χ0v) is 12.0. The highest BCUT2D eigenvalue weighted by Crippen LogP contribution is 2.27. The van der Waals surface area contributed by atoms with Crippen LogP contribution in [0.3, 0.4) is 0 Å². The van der Waals surface area contributed by atoms with Crippen LogP contribution in [0.15, 0.2) is 24.3 Å². The van der Waals surface area contributed by atoms with Crippen LogP contribution >= 0.6 is 0 Å². The highest BCUT2D eigenvalue weighted by atomic mass is 32.2. The Bertz CT molecular complexity index is 895. The molecule has 116 valence electrons. The third-order valence-corrected chi connectivity index (χ3v) is 5.27. The normalized spacial score (nSPS) is 14.9. The summed E-state index contributed by atoms with van der Waals surface area (Å²) in [7, 11) is -3.65. The van der Waals surface area contributed by atoms with Crippen LogP contribution < -0.4 is 4.72 Å². The number of carboxylic acids is 1. The Hall–Kier alpha value is -2.55. The molecule has 8 nitrogen and oxygen atoms in total. The minimum Gasteiger partial charge on any atom is -0.476 e. The van der Waals surface area contributed by atoms with Gasteiger partial charge in [0.05, 0.1) is 10.8 Å². The number of benzene rings is 1. The number of aromatic carboxylic acids is 1. The lowest BCUT2D eigenvalue weighted by atomic mass is 10.1. The fourth-order valence-corrected chi connectivity index (χ4v) is 3.44. The quantitative estimate of drug-likeness (QED) is 0.714. The number of carbonyl (C=O) groups is 2. The van der Waals surface area contributed by atoms with Crippen LogP contribution in [-0.4, -0.2) is 40.6 Å². The van der Waals surface area contributed by atoms with E-state index in [4.69, 9.17) is 5.11 Å². The molecular formula is C13H12N2O6S. The Kier molecular flexibility index (Phi) is 3.10. The van der Waals surface area contributed by atoms with Crippen molar-refractivity contribution in [2.45, 2.75) is 18.1 Å². The van der Waals surface area contributed by atoms with Crippen molar-refractivity contribution < 1.29 is 28.3 Å². The lowest BCUT2D eigenvalue weighted by Crippen LogP contribution is -2.33. The molecular weight excluding hydrogens is 312 g/mol. The minimum atomic E-state index is -3.65. The first kappa shape index (κ1) is 14.4. The number of hydrogen-bond donors (Lipinski definition) is 3. The molecule has 1 saturated carbocycles. The molecule has 1 amide bonds. The van der Waals surface area contributed by atoms with Gasteiger partial charge in [-0.3, -0.25) is 4.79 Å². The summed E-state index contributed by atoms with van der Waals surface area (Å²) in [5, 5.41) is 18.4. The van der Waals surface area contributed by atoms with Crippen molar-refractivity contribution in [2.75, 3.05) is 0 Å². The number of nitrogens with one attached hydrogen (secondary N) is 1. The van der Waals surface area contributed by atoms with Gasteiger partial charge in [-0.1, -0.05) is 0 Å². The maximum Gasteiger partial charge on any atom is 0.356 e. The zero-order valence-electron chi connectivity index (χ0n) is 11.2. The number of carbonyl (C=O) groups excluding carboxylic acids is 1. The molecule has 0 aliphatic heterocycles. The monoisotopic (exact) mass is 324 g/mol. The van der Waals surface area contributed by atoms with E-state index in [0.717, 1.165) is 0 Å². The lowest BCUT2D eigenvalue weighted by Gasteiger charge is -2.05. The molecule has 2 aromatic rings. The fraction of sp³-hybridized carbons (Fsp3) is 0.231. The highest BCUT2D eigenvalue weighted by molar-refractivity contribution is 7.91. The fourth-order valence-electron chi connectivity index (χ4n) is 2.14. The second-order valence-electron chi connectivity index (χ2n) is 5.10. The summed E-state index contributed by atoms with van der Waals surface area (Å²) in [6.07, 6.45) is 1.08. The summed E-state index contributed by atoms with van der Waals surface area (Å²) in [6, 6.07) is 5.19. The van der Waals surface area contributed by atoms with E-state index < -0.39 is 27.1 Å². The first-order valence-corrected chi connectivity index (χ1v) is 7.98. The van der Waals surface area contributed by atoms with Crippen molar-refractivity contribution in [3.63, 3.8) is 0 Å². The van der Waals surface area contributed by atoms with Crippen molar-refractivity contribution in [1.29, 1.82) is 0 Å². The van der Waals surface area contributed by atoms with Crippen molar-refractivity contribution >= 4 is 32.8 Å². The second kappa shape index (κ2) is 4.73. The Morgan fingerprint density at radius 3 is 2.50 bits per heavy atom. The standard InChI is InChI=1S/C13H12N2O6S/c16-12(14-22(20,21)9-2-3-9)7-1-4-10-8(5-7)6-11(13(17)18)15(10)19/h1,4-6,9,19H,2-3H2,(H,14,16)(H,17,18). The molecule has 0 unspecified atom stereocenters. The largest absolute Gasteiger partial charge is 0.476 e. The van der Waals surface area contributed by atoms with E-state index in [1.54, 1.807) is 0 Å². The van der Waals surface area contributed by atoms with Crippen LogP contribution in [0.1, 0.15) is 33.7 Å². The Labute approximate surface area is 125 Å². The summed E-state index contributed by atoms with van der Waals surface area (Å²) >= 11 is 0. The predicted molar refractivity (Wildman–Crippen MR) is 75.5 cm³/mol. The number of carboxylic acid groups (broad SMARTS) is 1. The number of sulfonamides is 1. The van der Waals surface area contributed by atoms with E-state index in [0.29, 0.717) is 23.0 Å². The lowest BCUT2D eigenvalue weighted by molar-refractivity contribution is 0.0649. The van der Waals surface area contributed by atoms with E-state index >= 15 is 0 Å². The van der Waals surface area contributed by atoms with Gasteiger partial charge in [-0.15, -0.1) is 0 Å².